The van der Waals surface area contributed by atoms with E-state index in [-0.39, 0.29) is 17.5 Å². The van der Waals surface area contributed by atoms with Crippen LogP contribution in [0.1, 0.15) is 156 Å². The van der Waals surface area contributed by atoms with Crippen molar-refractivity contribution in [2.24, 2.45) is 0 Å². The van der Waals surface area contributed by atoms with Crippen molar-refractivity contribution in [3.63, 3.8) is 0 Å². The molecule has 4 amide bonds. The van der Waals surface area contributed by atoms with E-state index in [1.54, 1.807) is 6.92 Å². The van der Waals surface area contributed by atoms with Crippen LogP contribution in [0.4, 0.5) is 21.0 Å². The maximum absolute atomic E-state index is 12.7. The lowest BCUT2D eigenvalue weighted by Gasteiger charge is -2.28. The summed E-state index contributed by atoms with van der Waals surface area (Å²) in [5.74, 6) is -0.0451. The zero-order valence-corrected chi connectivity index (χ0v) is 39.1. The van der Waals surface area contributed by atoms with Crippen LogP contribution in [0.5, 0.6) is 0 Å². The number of nitrogens with one attached hydrogen (secondary N) is 4. The van der Waals surface area contributed by atoms with E-state index >= 15 is 0 Å². The second-order valence-corrected chi connectivity index (χ2v) is 21.5. The Morgan fingerprint density at radius 1 is 0.583 bits per heavy atom. The van der Waals surface area contributed by atoms with E-state index in [1.165, 1.54) is 44.5 Å². The molecule has 0 radical (unpaired) electrons. The number of hydrogen-bond acceptors (Lipinski definition) is 8. The second-order valence-electron chi connectivity index (χ2n) is 17.6. The van der Waals surface area contributed by atoms with E-state index in [4.69, 9.17) is 0 Å². The van der Waals surface area contributed by atoms with Crippen molar-refractivity contribution >= 4 is 43.5 Å². The predicted molar refractivity (Wildman–Crippen MR) is 254 cm³/mol. The summed E-state index contributed by atoms with van der Waals surface area (Å²) < 4.78 is 55.1. The largest absolute Gasteiger partial charge is 0.332 e. The van der Waals surface area contributed by atoms with Gasteiger partial charge in [0.2, 0.25) is 20.0 Å². The van der Waals surface area contributed by atoms with Gasteiger partial charge in [-0.3, -0.25) is 0 Å². The lowest BCUT2D eigenvalue weighted by molar-refractivity contribution is 0.205. The fourth-order valence-electron chi connectivity index (χ4n) is 9.76. The summed E-state index contributed by atoms with van der Waals surface area (Å²) in [4.78, 5) is 29.9. The van der Waals surface area contributed by atoms with Gasteiger partial charge in [0, 0.05) is 23.1 Å². The zero-order chi connectivity index (χ0) is 43.5. The van der Waals surface area contributed by atoms with Crippen LogP contribution >= 0.6 is 0 Å². The van der Waals surface area contributed by atoms with Gasteiger partial charge in [-0.2, -0.15) is 0 Å². The van der Waals surface area contributed by atoms with Crippen LogP contribution in [-0.2, 0) is 71.4 Å². The van der Waals surface area contributed by atoms with Crippen LogP contribution < -0.4 is 20.1 Å². The Kier molecular flexibility index (Phi) is 17.7. The summed E-state index contributed by atoms with van der Waals surface area (Å²) in [5, 5.41) is 5.21. The first-order chi connectivity index (χ1) is 28.7. The quantitative estimate of drug-likeness (QED) is 0.103. The molecule has 4 aliphatic carbocycles. The number of aryl methyl sites for hydroxylation is 4. The standard InChI is InChI=1S/2C23H37N3O3S.4H2/c1-4-13-26(14-5-2)17(3)12-15-30(28,29)25-23(27)24-22-20-10-6-8-18(20)16-19-9-7-11-21(19)22;1-4-13-26(14-5-2)15-12-17(3)30(28,29)25-23(27)24-22-20-10-6-8-18(20)16-19-9-7-11-21(19)22;;;;/h2*16-17H,4-15H2,1-3H3,(H2,24,25,27);4*1H. The monoisotopic (exact) mass is 879 g/mol. The Hall–Kier alpha value is -3.20. The van der Waals surface area contributed by atoms with Crippen LogP contribution in [-0.4, -0.2) is 88.5 Å². The minimum atomic E-state index is -3.72. The summed E-state index contributed by atoms with van der Waals surface area (Å²) in [5.41, 5.74) is 11.8. The molecule has 6 rings (SSSR count). The molecular weight excluding hydrogens is 797 g/mol. The van der Waals surface area contributed by atoms with Crippen LogP contribution in [0.15, 0.2) is 12.1 Å². The molecule has 0 aromatic heterocycles. The number of carbonyl (C=O) groups excluding carboxylic acids is 2. The second kappa shape index (κ2) is 22.2. The number of nitrogens with zero attached hydrogens (tertiary/aromatic N) is 2. The minimum absolute atomic E-state index is 0. The average Bonchev–Trinajstić information content (AvgIpc) is 4.03. The van der Waals surface area contributed by atoms with Gasteiger partial charge in [-0.15, -0.1) is 0 Å². The first-order valence-corrected chi connectivity index (χ1v) is 26.3. The molecule has 4 N–H and O–H groups in total. The molecule has 344 valence electrons. The van der Waals surface area contributed by atoms with Crippen molar-refractivity contribution in [1.82, 2.24) is 19.2 Å². The third-order valence-electron chi connectivity index (χ3n) is 12.8. The fourth-order valence-corrected chi connectivity index (χ4v) is 11.8. The summed E-state index contributed by atoms with van der Waals surface area (Å²) in [7, 11) is -7.40. The number of urea groups is 2. The van der Waals surface area contributed by atoms with Crippen molar-refractivity contribution in [2.45, 2.75) is 168 Å². The van der Waals surface area contributed by atoms with Crippen molar-refractivity contribution in [3.8, 4) is 0 Å². The third-order valence-corrected chi connectivity index (χ3v) is 15.9. The number of hydrogen-bond donors (Lipinski definition) is 4. The molecule has 2 aromatic rings. The van der Waals surface area contributed by atoms with E-state index in [9.17, 15) is 26.4 Å². The Labute approximate surface area is 367 Å². The van der Waals surface area contributed by atoms with Crippen LogP contribution in [0.2, 0.25) is 0 Å². The van der Waals surface area contributed by atoms with Gasteiger partial charge in [0.25, 0.3) is 0 Å². The first kappa shape index (κ1) is 47.8. The molecule has 2 atom stereocenters. The zero-order valence-electron chi connectivity index (χ0n) is 37.4. The van der Waals surface area contributed by atoms with E-state index in [2.05, 4.69) is 76.6 Å². The van der Waals surface area contributed by atoms with E-state index in [1.807, 2.05) is 0 Å². The molecule has 0 aliphatic heterocycles. The Bertz CT molecular complexity index is 1970. The summed E-state index contributed by atoms with van der Waals surface area (Å²) in [6.07, 6.45) is 17.6. The van der Waals surface area contributed by atoms with E-state index in [0.717, 1.165) is 147 Å². The van der Waals surface area contributed by atoms with Crippen molar-refractivity contribution in [2.75, 3.05) is 49.1 Å². The highest BCUT2D eigenvalue weighted by Gasteiger charge is 2.29. The molecule has 2 unspecified atom stereocenters. The van der Waals surface area contributed by atoms with Gasteiger partial charge in [0.05, 0.1) is 11.0 Å². The number of rotatable bonds is 20. The number of fused-ring (bicyclic) bond motifs is 4. The molecule has 0 bridgehead atoms. The van der Waals surface area contributed by atoms with Crippen LogP contribution in [0.25, 0.3) is 0 Å². The molecule has 12 nitrogen and oxygen atoms in total. The molecule has 0 fully saturated rings. The van der Waals surface area contributed by atoms with Gasteiger partial charge < -0.3 is 20.4 Å². The Morgan fingerprint density at radius 2 is 0.983 bits per heavy atom. The fraction of sp³-hybridized carbons (Fsp3) is 0.696. The van der Waals surface area contributed by atoms with Crippen molar-refractivity contribution < 1.29 is 32.1 Å². The molecule has 0 heterocycles. The smallest absolute Gasteiger partial charge is 0.307 e. The molecule has 4 aliphatic rings. The summed E-state index contributed by atoms with van der Waals surface area (Å²) in [6, 6.07) is 3.51. The highest BCUT2D eigenvalue weighted by molar-refractivity contribution is 7.90. The maximum Gasteiger partial charge on any atom is 0.332 e. The molecule has 0 spiro atoms. The van der Waals surface area contributed by atoms with Gasteiger partial charge >= 0.3 is 12.1 Å². The number of carbonyl (C=O) groups is 2. The number of anilines is 2. The predicted octanol–water partition coefficient (Wildman–Crippen LogP) is 9.02. The highest BCUT2D eigenvalue weighted by Crippen LogP contribution is 2.40. The van der Waals surface area contributed by atoms with E-state index < -0.39 is 37.4 Å². The molecule has 2 aromatic carbocycles. The van der Waals surface area contributed by atoms with Crippen molar-refractivity contribution in [3.05, 3.63) is 56.6 Å². The lowest BCUT2D eigenvalue weighted by atomic mass is 9.99. The number of benzene rings is 2. The lowest BCUT2D eigenvalue weighted by Crippen LogP contribution is -2.41. The Morgan fingerprint density at radius 3 is 1.38 bits per heavy atom. The van der Waals surface area contributed by atoms with Gasteiger partial charge in [-0.1, -0.05) is 39.8 Å². The maximum atomic E-state index is 12.7. The Balaban J connectivity index is 0.000000602. The molecule has 0 saturated heterocycles. The van der Waals surface area contributed by atoms with Crippen LogP contribution in [0, 0.1) is 0 Å². The molecular formula is C46H82N6O6S2. The van der Waals surface area contributed by atoms with Gasteiger partial charge in [0.1, 0.15) is 0 Å². The van der Waals surface area contributed by atoms with Crippen LogP contribution in [0.3, 0.4) is 0 Å². The normalized spacial score (nSPS) is 16.4. The van der Waals surface area contributed by atoms with Gasteiger partial charge in [-0.25, -0.2) is 35.9 Å². The average molecular weight is 879 g/mol. The molecule has 0 saturated carbocycles. The third kappa shape index (κ3) is 12.7. The SMILES string of the molecule is CCCN(CCC)C(C)CCS(=O)(=O)NC(=O)Nc1c2c(cc3c1CCC3)CCC2.CCCN(CCC)CCC(C)S(=O)(=O)NC(=O)Nc1c2c(cc3c1CCC3)CCC2.[HH].[HH].[HH].[HH]. The number of amides is 4. The highest BCUT2D eigenvalue weighted by atomic mass is 32.2. The molecule has 14 heteroatoms. The molecule has 60 heavy (non-hydrogen) atoms. The first-order valence-electron chi connectivity index (χ1n) is 23.1. The number of sulfonamides is 2. The van der Waals surface area contributed by atoms with Gasteiger partial charge in [0.15, 0.2) is 0 Å². The minimum Gasteiger partial charge on any atom is -0.307 e. The van der Waals surface area contributed by atoms with Gasteiger partial charge in [-0.05, 0) is 207 Å². The van der Waals surface area contributed by atoms with Crippen molar-refractivity contribution in [1.29, 1.82) is 0 Å². The van der Waals surface area contributed by atoms with E-state index in [0.29, 0.717) is 12.8 Å². The summed E-state index contributed by atoms with van der Waals surface area (Å²) >= 11 is 0. The summed E-state index contributed by atoms with van der Waals surface area (Å²) in [6.45, 7) is 16.9. The topological polar surface area (TPSA) is 157 Å².